The van der Waals surface area contributed by atoms with Crippen molar-refractivity contribution < 1.29 is 9.18 Å². The minimum Gasteiger partial charge on any atom is -0.348 e. The van der Waals surface area contributed by atoms with Gasteiger partial charge in [-0.1, -0.05) is 41.4 Å². The number of alkyl halides is 1. The molecule has 0 aliphatic rings. The molecule has 23 heavy (non-hydrogen) atoms. The minimum absolute atomic E-state index is 0.189. The number of halogens is 3. The standard InChI is InChI=1S/C17H13Cl2FN2O/c1-17(20,14-7-6-12(18)8-15(14)19)10-22-16(23)13-5-3-2-4-11(13)9-21/h2-8H,10H2,1H3,(H,22,23)/t17-/m0/s1. The summed E-state index contributed by atoms with van der Waals surface area (Å²) in [7, 11) is 0. The lowest BCUT2D eigenvalue weighted by atomic mass is 9.97. The topological polar surface area (TPSA) is 52.9 Å². The Hall–Kier alpha value is -2.09. The first-order valence-electron chi connectivity index (χ1n) is 6.77. The third-order valence-corrected chi connectivity index (χ3v) is 3.91. The predicted octanol–water partition coefficient (Wildman–Crippen LogP) is 4.48. The van der Waals surface area contributed by atoms with Crippen molar-refractivity contribution in [2.75, 3.05) is 6.54 Å². The SMILES string of the molecule is C[C@](F)(CNC(=O)c1ccccc1C#N)c1ccc(Cl)cc1Cl. The second-order valence-electron chi connectivity index (χ2n) is 5.16. The summed E-state index contributed by atoms with van der Waals surface area (Å²) in [5.41, 5.74) is -1.21. The summed E-state index contributed by atoms with van der Waals surface area (Å²) < 4.78 is 14.9. The van der Waals surface area contributed by atoms with Crippen LogP contribution in [0, 0.1) is 11.3 Å². The number of carbonyl (C=O) groups is 1. The number of carbonyl (C=O) groups excluding carboxylic acids is 1. The Bertz CT molecular complexity index is 784. The fourth-order valence-electron chi connectivity index (χ4n) is 2.13. The van der Waals surface area contributed by atoms with E-state index in [0.29, 0.717) is 5.02 Å². The highest BCUT2D eigenvalue weighted by Gasteiger charge is 2.29. The van der Waals surface area contributed by atoms with E-state index in [4.69, 9.17) is 28.5 Å². The molecule has 1 amide bonds. The molecule has 0 heterocycles. The molecule has 2 rings (SSSR count). The number of hydrogen-bond acceptors (Lipinski definition) is 2. The van der Waals surface area contributed by atoms with Crippen LogP contribution in [0.1, 0.15) is 28.4 Å². The Labute approximate surface area is 143 Å². The molecule has 0 saturated heterocycles. The van der Waals surface area contributed by atoms with Gasteiger partial charge in [-0.3, -0.25) is 4.79 Å². The zero-order valence-electron chi connectivity index (χ0n) is 12.2. The molecule has 0 aliphatic heterocycles. The summed E-state index contributed by atoms with van der Waals surface area (Å²) in [5.74, 6) is -0.517. The van der Waals surface area contributed by atoms with Crippen molar-refractivity contribution >= 4 is 29.1 Å². The van der Waals surface area contributed by atoms with Crippen molar-refractivity contribution in [3.8, 4) is 6.07 Å². The molecule has 118 valence electrons. The highest BCUT2D eigenvalue weighted by Crippen LogP contribution is 2.32. The zero-order chi connectivity index (χ0) is 17.0. The van der Waals surface area contributed by atoms with E-state index in [1.54, 1.807) is 12.1 Å². The quantitative estimate of drug-likeness (QED) is 0.883. The Morgan fingerprint density at radius 2 is 2.00 bits per heavy atom. The summed E-state index contributed by atoms with van der Waals surface area (Å²) >= 11 is 11.8. The number of rotatable bonds is 4. The normalized spacial score (nSPS) is 13.0. The van der Waals surface area contributed by atoms with Crippen LogP contribution in [0.2, 0.25) is 10.0 Å². The van der Waals surface area contributed by atoms with Crippen LogP contribution in [-0.4, -0.2) is 12.5 Å². The van der Waals surface area contributed by atoms with Crippen molar-refractivity contribution in [2.45, 2.75) is 12.6 Å². The van der Waals surface area contributed by atoms with Gasteiger partial charge in [0, 0.05) is 15.6 Å². The molecule has 0 aromatic heterocycles. The van der Waals surface area contributed by atoms with Crippen molar-refractivity contribution in [1.29, 1.82) is 5.26 Å². The molecule has 0 unspecified atom stereocenters. The van der Waals surface area contributed by atoms with Gasteiger partial charge in [-0.25, -0.2) is 4.39 Å². The van der Waals surface area contributed by atoms with Gasteiger partial charge in [0.1, 0.15) is 0 Å². The Morgan fingerprint density at radius 1 is 1.30 bits per heavy atom. The fraction of sp³-hybridized carbons (Fsp3) is 0.176. The highest BCUT2D eigenvalue weighted by molar-refractivity contribution is 6.35. The second-order valence-corrected chi connectivity index (χ2v) is 6.01. The first-order valence-corrected chi connectivity index (χ1v) is 7.52. The first-order chi connectivity index (χ1) is 10.8. The largest absolute Gasteiger partial charge is 0.348 e. The molecular weight excluding hydrogens is 338 g/mol. The number of nitrogens with one attached hydrogen (secondary N) is 1. The number of amides is 1. The summed E-state index contributed by atoms with van der Waals surface area (Å²) in [4.78, 5) is 12.2. The maximum Gasteiger partial charge on any atom is 0.252 e. The van der Waals surface area contributed by atoms with E-state index in [2.05, 4.69) is 5.32 Å². The molecule has 1 atom stereocenters. The zero-order valence-corrected chi connectivity index (χ0v) is 13.7. The third kappa shape index (κ3) is 4.01. The van der Waals surface area contributed by atoms with Crippen LogP contribution in [0.5, 0.6) is 0 Å². The van der Waals surface area contributed by atoms with Crippen LogP contribution in [0.4, 0.5) is 4.39 Å². The van der Waals surface area contributed by atoms with Gasteiger partial charge in [-0.2, -0.15) is 5.26 Å². The first kappa shape index (κ1) is 17.3. The van der Waals surface area contributed by atoms with Crippen molar-refractivity contribution in [2.24, 2.45) is 0 Å². The average molecular weight is 351 g/mol. The molecule has 0 aliphatic carbocycles. The van der Waals surface area contributed by atoms with E-state index >= 15 is 0 Å². The molecule has 3 nitrogen and oxygen atoms in total. The van der Waals surface area contributed by atoms with Crippen LogP contribution in [0.3, 0.4) is 0 Å². The average Bonchev–Trinajstić information content (AvgIpc) is 2.52. The van der Waals surface area contributed by atoms with Gasteiger partial charge in [0.05, 0.1) is 23.7 Å². The van der Waals surface area contributed by atoms with Gasteiger partial charge in [0.25, 0.3) is 5.91 Å². The number of nitrogens with zero attached hydrogens (tertiary/aromatic N) is 1. The predicted molar refractivity (Wildman–Crippen MR) is 88.4 cm³/mol. The van der Waals surface area contributed by atoms with Crippen LogP contribution < -0.4 is 5.32 Å². The van der Waals surface area contributed by atoms with Gasteiger partial charge in [-0.05, 0) is 31.2 Å². The fourth-order valence-corrected chi connectivity index (χ4v) is 2.73. The Morgan fingerprint density at radius 3 is 2.65 bits per heavy atom. The van der Waals surface area contributed by atoms with Crippen LogP contribution >= 0.6 is 23.2 Å². The summed E-state index contributed by atoms with van der Waals surface area (Å²) in [6.07, 6.45) is 0. The van der Waals surface area contributed by atoms with Crippen molar-refractivity contribution in [3.63, 3.8) is 0 Å². The van der Waals surface area contributed by atoms with Gasteiger partial charge >= 0.3 is 0 Å². The molecular formula is C17H13Cl2FN2O. The van der Waals surface area contributed by atoms with Crippen LogP contribution in [0.25, 0.3) is 0 Å². The molecule has 6 heteroatoms. The van der Waals surface area contributed by atoms with Crippen LogP contribution in [0.15, 0.2) is 42.5 Å². The Balaban J connectivity index is 2.16. The smallest absolute Gasteiger partial charge is 0.252 e. The van der Waals surface area contributed by atoms with E-state index in [1.165, 1.54) is 37.3 Å². The van der Waals surface area contributed by atoms with E-state index in [0.717, 1.165) is 0 Å². The lowest BCUT2D eigenvalue weighted by Crippen LogP contribution is -2.36. The van der Waals surface area contributed by atoms with E-state index < -0.39 is 11.6 Å². The minimum atomic E-state index is -1.88. The third-order valence-electron chi connectivity index (χ3n) is 3.37. The lowest BCUT2D eigenvalue weighted by Gasteiger charge is -2.23. The maximum atomic E-state index is 14.9. The molecule has 0 spiro atoms. The molecule has 1 N–H and O–H groups in total. The van der Waals surface area contributed by atoms with Crippen molar-refractivity contribution in [1.82, 2.24) is 5.32 Å². The maximum absolute atomic E-state index is 14.9. The van der Waals surface area contributed by atoms with Gasteiger partial charge < -0.3 is 5.32 Å². The monoisotopic (exact) mass is 350 g/mol. The van der Waals surface area contributed by atoms with Gasteiger partial charge in [0.15, 0.2) is 5.67 Å². The van der Waals surface area contributed by atoms with E-state index in [-0.39, 0.29) is 28.3 Å². The summed E-state index contributed by atoms with van der Waals surface area (Å²) in [6, 6.07) is 12.7. The van der Waals surface area contributed by atoms with Gasteiger partial charge in [0.2, 0.25) is 0 Å². The van der Waals surface area contributed by atoms with E-state index in [9.17, 15) is 9.18 Å². The number of benzene rings is 2. The molecule has 0 radical (unpaired) electrons. The molecule has 0 bridgehead atoms. The highest BCUT2D eigenvalue weighted by atomic mass is 35.5. The Kier molecular flexibility index (Phi) is 5.25. The second kappa shape index (κ2) is 6.99. The summed E-state index contributed by atoms with van der Waals surface area (Å²) in [5, 5.41) is 12.1. The lowest BCUT2D eigenvalue weighted by molar-refractivity contribution is 0.0910. The number of hydrogen-bond donors (Lipinski definition) is 1. The summed E-state index contributed by atoms with van der Waals surface area (Å²) in [6.45, 7) is 1.03. The van der Waals surface area contributed by atoms with E-state index in [1.807, 2.05) is 6.07 Å². The molecule has 0 saturated carbocycles. The molecule has 2 aromatic carbocycles. The van der Waals surface area contributed by atoms with Crippen molar-refractivity contribution in [3.05, 3.63) is 69.2 Å². The van der Waals surface area contributed by atoms with Crippen LogP contribution in [-0.2, 0) is 5.67 Å². The van der Waals surface area contributed by atoms with Gasteiger partial charge in [-0.15, -0.1) is 0 Å². The molecule has 0 fully saturated rings. The number of nitriles is 1. The molecule has 2 aromatic rings.